The minimum absolute atomic E-state index is 0.258. The summed E-state index contributed by atoms with van der Waals surface area (Å²) in [7, 11) is -4.33. The van der Waals surface area contributed by atoms with Gasteiger partial charge in [-0.25, -0.2) is 8.42 Å². The number of hydrogen-bond donors (Lipinski definition) is 2. The lowest BCUT2D eigenvalue weighted by Crippen LogP contribution is -2.74. The zero-order valence-electron chi connectivity index (χ0n) is 10.4. The van der Waals surface area contributed by atoms with Gasteiger partial charge >= 0.3 is 0 Å². The molecule has 0 radical (unpaired) electrons. The van der Waals surface area contributed by atoms with E-state index in [0.29, 0.717) is 5.69 Å². The van der Waals surface area contributed by atoms with Crippen LogP contribution in [0.5, 0.6) is 0 Å². The van der Waals surface area contributed by atoms with E-state index in [9.17, 15) is 13.0 Å². The topological polar surface area (TPSA) is 112 Å². The van der Waals surface area contributed by atoms with E-state index in [0.717, 1.165) is 5.69 Å². The first kappa shape index (κ1) is 14.2. The second-order valence-electron chi connectivity index (χ2n) is 4.03. The third-order valence-corrected chi connectivity index (χ3v) is 3.42. The van der Waals surface area contributed by atoms with Crippen LogP contribution in [0.3, 0.4) is 0 Å². The van der Waals surface area contributed by atoms with Crippen LogP contribution < -0.4 is 11.1 Å². The van der Waals surface area contributed by atoms with Crippen LogP contribution in [0.25, 0.3) is 0 Å². The van der Waals surface area contributed by atoms with Crippen molar-refractivity contribution in [2.45, 2.75) is 4.90 Å². The molecule has 1 heterocycles. The molecule has 1 aliphatic heterocycles. The number of quaternary nitrogens is 1. The molecule has 20 heavy (non-hydrogen) atoms. The largest absolute Gasteiger partial charge is 0.744 e. The van der Waals surface area contributed by atoms with Gasteiger partial charge in [0, 0.05) is 11.8 Å². The summed E-state index contributed by atoms with van der Waals surface area (Å²) in [5, 5.41) is 2.01. The SMILES string of the molecule is C1=Nc2ccccc2[NH2+]1.Nc1ccc(S(=O)(=O)[O-])cc1. The van der Waals surface area contributed by atoms with Gasteiger partial charge in [-0.2, -0.15) is 4.99 Å². The second-order valence-corrected chi connectivity index (χ2v) is 5.41. The number of benzene rings is 2. The molecule has 6 nitrogen and oxygen atoms in total. The number of anilines is 1. The molecular formula is C13H13N3O3S. The van der Waals surface area contributed by atoms with E-state index in [1.54, 1.807) is 0 Å². The molecule has 1 aliphatic rings. The third-order valence-electron chi connectivity index (χ3n) is 2.57. The molecule has 3 rings (SSSR count). The normalized spacial score (nSPS) is 12.4. The van der Waals surface area contributed by atoms with E-state index in [1.807, 2.05) is 29.9 Å². The number of nitrogen functional groups attached to an aromatic ring is 1. The van der Waals surface area contributed by atoms with Gasteiger partial charge in [0.2, 0.25) is 0 Å². The van der Waals surface area contributed by atoms with Crippen LogP contribution in [-0.4, -0.2) is 19.3 Å². The third kappa shape index (κ3) is 3.64. The van der Waals surface area contributed by atoms with E-state index >= 15 is 0 Å². The zero-order chi connectivity index (χ0) is 14.6. The molecule has 104 valence electrons. The molecule has 0 bridgehead atoms. The van der Waals surface area contributed by atoms with Crippen molar-refractivity contribution in [3.8, 4) is 0 Å². The quantitative estimate of drug-likeness (QED) is 0.595. The summed E-state index contributed by atoms with van der Waals surface area (Å²) in [5.74, 6) is 0. The molecule has 0 spiro atoms. The molecule has 0 atom stereocenters. The van der Waals surface area contributed by atoms with Crippen molar-refractivity contribution < 1.29 is 18.3 Å². The van der Waals surface area contributed by atoms with Crippen LogP contribution in [0.15, 0.2) is 58.4 Å². The molecular weight excluding hydrogens is 278 g/mol. The molecule has 0 fully saturated rings. The highest BCUT2D eigenvalue weighted by Gasteiger charge is 2.06. The number of nitrogens with zero attached hydrogens (tertiary/aromatic N) is 1. The lowest BCUT2D eigenvalue weighted by Gasteiger charge is -2.05. The molecule has 0 saturated carbocycles. The maximum atomic E-state index is 10.3. The number of fused-ring (bicyclic) bond motifs is 1. The Balaban J connectivity index is 0.000000149. The summed E-state index contributed by atoms with van der Waals surface area (Å²) >= 11 is 0. The van der Waals surface area contributed by atoms with Gasteiger partial charge in [0.15, 0.2) is 12.0 Å². The predicted molar refractivity (Wildman–Crippen MR) is 75.0 cm³/mol. The predicted octanol–water partition coefficient (Wildman–Crippen LogP) is 0.728. The van der Waals surface area contributed by atoms with Crippen molar-refractivity contribution in [3.05, 3.63) is 48.5 Å². The lowest BCUT2D eigenvalue weighted by atomic mass is 10.3. The molecule has 2 aromatic carbocycles. The summed E-state index contributed by atoms with van der Waals surface area (Å²) in [6.07, 6.45) is 1.82. The first-order valence-corrected chi connectivity index (χ1v) is 7.15. The Morgan fingerprint density at radius 2 is 1.70 bits per heavy atom. The molecule has 7 heteroatoms. The first-order chi connectivity index (χ1) is 9.47. The molecule has 0 amide bonds. The fraction of sp³-hybridized carbons (Fsp3) is 0. The summed E-state index contributed by atoms with van der Waals surface area (Å²) in [4.78, 5) is 3.86. The van der Waals surface area contributed by atoms with Crippen molar-refractivity contribution in [2.24, 2.45) is 4.99 Å². The Kier molecular flexibility index (Phi) is 4.14. The van der Waals surface area contributed by atoms with Crippen LogP contribution in [-0.2, 0) is 10.1 Å². The van der Waals surface area contributed by atoms with Gasteiger partial charge in [-0.15, -0.1) is 0 Å². The minimum Gasteiger partial charge on any atom is -0.744 e. The van der Waals surface area contributed by atoms with E-state index in [-0.39, 0.29) is 4.90 Å². The summed E-state index contributed by atoms with van der Waals surface area (Å²) in [5.41, 5.74) is 8.00. The van der Waals surface area contributed by atoms with Crippen LogP contribution >= 0.6 is 0 Å². The highest BCUT2D eigenvalue weighted by molar-refractivity contribution is 7.85. The van der Waals surface area contributed by atoms with Crippen molar-refractivity contribution in [1.82, 2.24) is 0 Å². The van der Waals surface area contributed by atoms with Gasteiger partial charge in [-0.3, -0.25) is 5.32 Å². The van der Waals surface area contributed by atoms with Crippen molar-refractivity contribution in [2.75, 3.05) is 5.73 Å². The van der Waals surface area contributed by atoms with Gasteiger partial charge in [0.1, 0.15) is 15.8 Å². The maximum Gasteiger partial charge on any atom is 0.192 e. The monoisotopic (exact) mass is 291 g/mol. The van der Waals surface area contributed by atoms with Crippen molar-refractivity contribution in [1.29, 1.82) is 0 Å². The fourth-order valence-corrected chi connectivity index (χ4v) is 2.05. The highest BCUT2D eigenvalue weighted by Crippen LogP contribution is 2.20. The first-order valence-electron chi connectivity index (χ1n) is 5.75. The average molecular weight is 291 g/mol. The van der Waals surface area contributed by atoms with Gasteiger partial charge in [-0.1, -0.05) is 12.1 Å². The smallest absolute Gasteiger partial charge is 0.192 e. The molecule has 0 aliphatic carbocycles. The van der Waals surface area contributed by atoms with Crippen LogP contribution in [0.2, 0.25) is 0 Å². The average Bonchev–Trinajstić information content (AvgIpc) is 2.87. The van der Waals surface area contributed by atoms with Crippen LogP contribution in [0, 0.1) is 0 Å². The molecule has 4 N–H and O–H groups in total. The van der Waals surface area contributed by atoms with Gasteiger partial charge in [-0.05, 0) is 30.3 Å². The van der Waals surface area contributed by atoms with Gasteiger partial charge in [0.05, 0.1) is 4.90 Å². The number of rotatable bonds is 1. The zero-order valence-corrected chi connectivity index (χ0v) is 11.2. The Labute approximate surface area is 116 Å². The molecule has 0 saturated heterocycles. The van der Waals surface area contributed by atoms with E-state index in [1.165, 1.54) is 30.0 Å². The molecule has 2 aromatic rings. The fourth-order valence-electron chi connectivity index (χ4n) is 1.58. The second kappa shape index (κ2) is 5.83. The summed E-state index contributed by atoms with van der Waals surface area (Å²) in [6, 6.07) is 13.2. The van der Waals surface area contributed by atoms with Gasteiger partial charge in [0.25, 0.3) is 0 Å². The van der Waals surface area contributed by atoms with E-state index in [4.69, 9.17) is 5.73 Å². The number of para-hydroxylation sites is 2. The van der Waals surface area contributed by atoms with Gasteiger partial charge < -0.3 is 10.3 Å². The standard InChI is InChI=1S/C7H6N2.C6H7NO3S/c1-2-4-7-6(3-1)8-5-9-7;7-5-1-3-6(4-2-5)11(8,9)10/h1-5H,(H,8,9);1-4H,7H2,(H,8,9,10). The number of hydrogen-bond acceptors (Lipinski definition) is 5. The minimum atomic E-state index is -4.33. The lowest BCUT2D eigenvalue weighted by molar-refractivity contribution is -0.427. The Morgan fingerprint density at radius 1 is 1.05 bits per heavy atom. The maximum absolute atomic E-state index is 10.3. The van der Waals surface area contributed by atoms with Crippen molar-refractivity contribution in [3.63, 3.8) is 0 Å². The molecule has 0 aromatic heterocycles. The summed E-state index contributed by atoms with van der Waals surface area (Å²) in [6.45, 7) is 0. The van der Waals surface area contributed by atoms with Crippen LogP contribution in [0.1, 0.15) is 0 Å². The molecule has 0 unspecified atom stereocenters. The van der Waals surface area contributed by atoms with Crippen molar-refractivity contribution >= 4 is 33.5 Å². The highest BCUT2D eigenvalue weighted by atomic mass is 32.2. The van der Waals surface area contributed by atoms with E-state index in [2.05, 4.69) is 11.1 Å². The Morgan fingerprint density at radius 3 is 2.30 bits per heavy atom. The Bertz CT molecular complexity index is 725. The van der Waals surface area contributed by atoms with Crippen LogP contribution in [0.4, 0.5) is 17.1 Å². The Hall–Kier alpha value is -2.22. The van der Waals surface area contributed by atoms with E-state index < -0.39 is 10.1 Å². The summed E-state index contributed by atoms with van der Waals surface area (Å²) < 4.78 is 31.0. The number of nitrogens with two attached hydrogens (primary N) is 2. The number of aliphatic imine (C=N–C) groups is 1.